The van der Waals surface area contributed by atoms with E-state index in [1.54, 1.807) is 47.4 Å². The molecule has 3 amide bonds. The van der Waals surface area contributed by atoms with Gasteiger partial charge in [0.2, 0.25) is 0 Å². The normalized spacial score (nSPS) is 10.7. The number of hydrogen-bond donors (Lipinski definition) is 3. The Hall–Kier alpha value is -3.39. The van der Waals surface area contributed by atoms with Crippen LogP contribution in [0.1, 0.15) is 35.1 Å². The van der Waals surface area contributed by atoms with Gasteiger partial charge in [0.15, 0.2) is 0 Å². The third kappa shape index (κ3) is 5.15. The maximum Gasteiger partial charge on any atom is 0.312 e. The zero-order valence-electron chi connectivity index (χ0n) is 16.4. The number of nitrogens with zero attached hydrogens (tertiary/aromatic N) is 2. The summed E-state index contributed by atoms with van der Waals surface area (Å²) in [5.74, 6) is 0.207. The molecular weight excluding hydrogens is 406 g/mol. The predicted molar refractivity (Wildman–Crippen MR) is 115 cm³/mol. The average Bonchev–Trinajstić information content (AvgIpc) is 2.71. The quantitative estimate of drug-likeness (QED) is 0.536. The van der Waals surface area contributed by atoms with Crippen LogP contribution in [0.4, 0.5) is 4.79 Å². The first-order chi connectivity index (χ1) is 14.4. The van der Waals surface area contributed by atoms with Gasteiger partial charge in [0.1, 0.15) is 5.82 Å². The minimum Gasteiger partial charge on any atom is -0.352 e. The minimum absolute atomic E-state index is 0.162. The van der Waals surface area contributed by atoms with Crippen molar-refractivity contribution in [3.63, 3.8) is 0 Å². The summed E-state index contributed by atoms with van der Waals surface area (Å²) in [6.07, 6.45) is 0.746. The summed E-state index contributed by atoms with van der Waals surface area (Å²) in [6.45, 7) is 2.92. The fraction of sp³-hybridized carbons (Fsp3) is 0.238. The second-order valence-electron chi connectivity index (χ2n) is 6.82. The number of H-pyrrole nitrogens is 1. The fourth-order valence-electron chi connectivity index (χ4n) is 3.08. The summed E-state index contributed by atoms with van der Waals surface area (Å²) < 4.78 is 0. The van der Waals surface area contributed by atoms with Gasteiger partial charge in [0, 0.05) is 23.7 Å². The van der Waals surface area contributed by atoms with Crippen molar-refractivity contribution in [3.05, 3.63) is 74.8 Å². The molecule has 0 saturated carbocycles. The standard InChI is InChI=1S/C21H22ClN5O3/c1-2-9-27(20(29)14-5-3-13(4-6-14)11-24-21(23)30)12-18-25-17-10-15(22)7-8-16(17)19(28)26-18/h3-8,10H,2,9,11-12H2,1H3,(H3,23,24,30)(H,25,26,28). The molecule has 1 aromatic heterocycles. The number of nitrogens with two attached hydrogens (primary N) is 1. The lowest BCUT2D eigenvalue weighted by Gasteiger charge is -2.22. The molecule has 1 heterocycles. The lowest BCUT2D eigenvalue weighted by atomic mass is 10.1. The highest BCUT2D eigenvalue weighted by molar-refractivity contribution is 6.31. The number of benzene rings is 2. The lowest BCUT2D eigenvalue weighted by Crippen LogP contribution is -2.33. The van der Waals surface area contributed by atoms with Crippen LogP contribution in [0.2, 0.25) is 5.02 Å². The van der Waals surface area contributed by atoms with Gasteiger partial charge in [0.25, 0.3) is 11.5 Å². The van der Waals surface area contributed by atoms with Gasteiger partial charge in [-0.05, 0) is 42.3 Å². The summed E-state index contributed by atoms with van der Waals surface area (Å²) in [4.78, 5) is 45.0. The van der Waals surface area contributed by atoms with Gasteiger partial charge in [-0.2, -0.15) is 0 Å². The molecule has 156 valence electrons. The highest BCUT2D eigenvalue weighted by Gasteiger charge is 2.17. The van der Waals surface area contributed by atoms with Gasteiger partial charge >= 0.3 is 6.03 Å². The Morgan fingerprint density at radius 2 is 1.93 bits per heavy atom. The molecule has 0 aliphatic heterocycles. The minimum atomic E-state index is -0.609. The number of nitrogens with one attached hydrogen (secondary N) is 2. The molecule has 3 rings (SSSR count). The van der Waals surface area contributed by atoms with Crippen molar-refractivity contribution in [2.75, 3.05) is 6.54 Å². The Kier molecular flexibility index (Phi) is 6.68. The van der Waals surface area contributed by atoms with Gasteiger partial charge in [-0.3, -0.25) is 9.59 Å². The van der Waals surface area contributed by atoms with E-state index in [0.29, 0.717) is 33.9 Å². The van der Waals surface area contributed by atoms with Crippen LogP contribution < -0.4 is 16.6 Å². The SMILES string of the molecule is CCCN(Cc1nc2cc(Cl)ccc2c(=O)[nH]1)C(=O)c1ccc(CNC(N)=O)cc1. The zero-order chi connectivity index (χ0) is 21.7. The van der Waals surface area contributed by atoms with Gasteiger partial charge in [0.05, 0.1) is 17.4 Å². The molecule has 30 heavy (non-hydrogen) atoms. The van der Waals surface area contributed by atoms with Gasteiger partial charge in [-0.1, -0.05) is 30.7 Å². The van der Waals surface area contributed by atoms with E-state index in [4.69, 9.17) is 17.3 Å². The Morgan fingerprint density at radius 1 is 1.20 bits per heavy atom. The van der Waals surface area contributed by atoms with E-state index in [9.17, 15) is 14.4 Å². The molecule has 0 spiro atoms. The van der Waals surface area contributed by atoms with Gasteiger partial charge < -0.3 is 20.9 Å². The van der Waals surface area contributed by atoms with Gasteiger partial charge in [-0.25, -0.2) is 9.78 Å². The summed E-state index contributed by atoms with van der Waals surface area (Å²) in [5, 5.41) is 3.43. The lowest BCUT2D eigenvalue weighted by molar-refractivity contribution is 0.0739. The van der Waals surface area contributed by atoms with Crippen molar-refractivity contribution >= 4 is 34.4 Å². The number of halogens is 1. The third-order valence-electron chi connectivity index (χ3n) is 4.51. The van der Waals surface area contributed by atoms with Crippen molar-refractivity contribution in [1.29, 1.82) is 0 Å². The second kappa shape index (κ2) is 9.41. The van der Waals surface area contributed by atoms with Crippen LogP contribution in [0.15, 0.2) is 47.3 Å². The number of hydrogen-bond acceptors (Lipinski definition) is 4. The molecule has 0 bridgehead atoms. The smallest absolute Gasteiger partial charge is 0.312 e. The van der Waals surface area contributed by atoms with E-state index in [1.165, 1.54) is 0 Å². The number of carbonyl (C=O) groups excluding carboxylic acids is 2. The molecule has 0 saturated heterocycles. The predicted octanol–water partition coefficient (Wildman–Crippen LogP) is 2.80. The molecule has 9 heteroatoms. The number of aromatic amines is 1. The number of fused-ring (bicyclic) bond motifs is 1. The number of rotatable bonds is 7. The van der Waals surface area contributed by atoms with Crippen LogP contribution in [0, 0.1) is 0 Å². The number of aromatic nitrogens is 2. The largest absolute Gasteiger partial charge is 0.352 e. The van der Waals surface area contributed by atoms with Crippen molar-refractivity contribution < 1.29 is 9.59 Å². The van der Waals surface area contributed by atoms with Crippen LogP contribution in [0.3, 0.4) is 0 Å². The number of urea groups is 1. The number of amides is 3. The van der Waals surface area contributed by atoms with Crippen LogP contribution >= 0.6 is 11.6 Å². The topological polar surface area (TPSA) is 121 Å². The van der Waals surface area contributed by atoms with Crippen LogP contribution in [-0.4, -0.2) is 33.4 Å². The molecule has 4 N–H and O–H groups in total. The Balaban J connectivity index is 1.81. The first-order valence-corrected chi connectivity index (χ1v) is 9.85. The molecule has 2 aromatic carbocycles. The maximum atomic E-state index is 13.0. The molecule has 0 unspecified atom stereocenters. The monoisotopic (exact) mass is 427 g/mol. The van der Waals surface area contributed by atoms with E-state index in [0.717, 1.165) is 12.0 Å². The number of carbonyl (C=O) groups is 2. The van der Waals surface area contributed by atoms with Crippen molar-refractivity contribution in [1.82, 2.24) is 20.2 Å². The van der Waals surface area contributed by atoms with Gasteiger partial charge in [-0.15, -0.1) is 0 Å². The van der Waals surface area contributed by atoms with E-state index in [1.807, 2.05) is 6.92 Å². The Morgan fingerprint density at radius 3 is 2.60 bits per heavy atom. The highest BCUT2D eigenvalue weighted by Crippen LogP contribution is 2.16. The zero-order valence-corrected chi connectivity index (χ0v) is 17.2. The molecule has 0 atom stereocenters. The van der Waals surface area contributed by atoms with E-state index in [-0.39, 0.29) is 24.6 Å². The van der Waals surface area contributed by atoms with Crippen molar-refractivity contribution in [2.45, 2.75) is 26.4 Å². The third-order valence-corrected chi connectivity index (χ3v) is 4.74. The first-order valence-electron chi connectivity index (χ1n) is 9.47. The summed E-state index contributed by atoms with van der Waals surface area (Å²) >= 11 is 6.01. The van der Waals surface area contributed by atoms with E-state index >= 15 is 0 Å². The highest BCUT2D eigenvalue weighted by atomic mass is 35.5. The van der Waals surface area contributed by atoms with E-state index in [2.05, 4.69) is 15.3 Å². The van der Waals surface area contributed by atoms with Crippen molar-refractivity contribution in [3.8, 4) is 0 Å². The van der Waals surface area contributed by atoms with Crippen LogP contribution in [0.25, 0.3) is 10.9 Å². The Bertz CT molecular complexity index is 1130. The average molecular weight is 428 g/mol. The van der Waals surface area contributed by atoms with E-state index < -0.39 is 6.03 Å². The molecule has 0 fully saturated rings. The molecular formula is C21H22ClN5O3. The molecule has 0 aliphatic rings. The Labute approximate surface area is 178 Å². The first kappa shape index (κ1) is 21.3. The molecule has 8 nitrogen and oxygen atoms in total. The molecule has 0 radical (unpaired) electrons. The summed E-state index contributed by atoms with van der Waals surface area (Å²) in [5.41, 5.74) is 6.60. The fourth-order valence-corrected chi connectivity index (χ4v) is 3.24. The second-order valence-corrected chi connectivity index (χ2v) is 7.25. The summed E-state index contributed by atoms with van der Waals surface area (Å²) in [6, 6.07) is 11.2. The maximum absolute atomic E-state index is 13.0. The number of primary amides is 1. The van der Waals surface area contributed by atoms with Crippen LogP contribution in [-0.2, 0) is 13.1 Å². The molecule has 3 aromatic rings. The summed E-state index contributed by atoms with van der Waals surface area (Å²) in [7, 11) is 0. The van der Waals surface area contributed by atoms with Crippen molar-refractivity contribution in [2.24, 2.45) is 5.73 Å². The molecule has 0 aliphatic carbocycles. The van der Waals surface area contributed by atoms with Crippen LogP contribution in [0.5, 0.6) is 0 Å².